The number of nitrogens with one attached hydrogen (secondary N) is 1. The van der Waals surface area contributed by atoms with Gasteiger partial charge in [0.05, 0.1) is 0 Å². The monoisotopic (exact) mass is 305 g/mol. The topological polar surface area (TPSA) is 12.0 Å². The number of rotatable bonds is 6. The Labute approximate surface area is 130 Å². The molecule has 1 saturated carbocycles. The molecule has 0 radical (unpaired) electrons. The fourth-order valence-corrected chi connectivity index (χ4v) is 3.91. The first-order valence-electron chi connectivity index (χ1n) is 7.37. The van der Waals surface area contributed by atoms with E-state index in [1.54, 1.807) is 0 Å². The maximum absolute atomic E-state index is 6.09. The minimum atomic E-state index is 0.549. The van der Waals surface area contributed by atoms with E-state index in [0.29, 0.717) is 6.04 Å². The summed E-state index contributed by atoms with van der Waals surface area (Å²) < 4.78 is 0. The maximum atomic E-state index is 6.09. The molecule has 0 bridgehead atoms. The van der Waals surface area contributed by atoms with Crippen molar-refractivity contribution in [2.45, 2.75) is 32.2 Å². The van der Waals surface area contributed by atoms with Crippen molar-refractivity contribution in [3.63, 3.8) is 0 Å². The summed E-state index contributed by atoms with van der Waals surface area (Å²) in [6.45, 7) is 3.33. The summed E-state index contributed by atoms with van der Waals surface area (Å²) in [5, 5.41) is 4.51. The van der Waals surface area contributed by atoms with Gasteiger partial charge < -0.3 is 5.32 Å². The Morgan fingerprint density at radius 2 is 2.15 bits per heavy atom. The molecular formula is C17H20ClNS. The zero-order valence-corrected chi connectivity index (χ0v) is 13.3. The Kier molecular flexibility index (Phi) is 4.45. The van der Waals surface area contributed by atoms with Crippen LogP contribution in [0.4, 0.5) is 0 Å². The van der Waals surface area contributed by atoms with Gasteiger partial charge in [-0.3, -0.25) is 0 Å². The average Bonchev–Trinajstić information content (AvgIpc) is 3.16. The van der Waals surface area contributed by atoms with Gasteiger partial charge in [-0.1, -0.05) is 30.7 Å². The highest BCUT2D eigenvalue weighted by atomic mass is 35.5. The zero-order valence-electron chi connectivity index (χ0n) is 11.7. The second kappa shape index (κ2) is 6.30. The third kappa shape index (κ3) is 3.25. The Hall–Kier alpha value is -0.830. The molecule has 20 heavy (non-hydrogen) atoms. The van der Waals surface area contributed by atoms with E-state index in [0.717, 1.165) is 17.5 Å². The number of halogens is 1. The summed E-state index contributed by atoms with van der Waals surface area (Å²) in [6, 6.07) is 13.2. The van der Waals surface area contributed by atoms with E-state index < -0.39 is 0 Å². The second-order valence-corrected chi connectivity index (χ2v) is 7.03. The molecule has 1 aromatic carbocycles. The van der Waals surface area contributed by atoms with Crippen LogP contribution in [0.1, 0.15) is 37.1 Å². The molecular weight excluding hydrogens is 286 g/mol. The van der Waals surface area contributed by atoms with E-state index in [2.05, 4.69) is 30.4 Å². The van der Waals surface area contributed by atoms with Gasteiger partial charge in [0.2, 0.25) is 0 Å². The lowest BCUT2D eigenvalue weighted by Gasteiger charge is -2.16. The quantitative estimate of drug-likeness (QED) is 0.741. The summed E-state index contributed by atoms with van der Waals surface area (Å²) in [7, 11) is 0. The van der Waals surface area contributed by atoms with Crippen molar-refractivity contribution >= 4 is 22.9 Å². The van der Waals surface area contributed by atoms with E-state index in [1.807, 2.05) is 29.5 Å². The highest BCUT2D eigenvalue weighted by Gasteiger charge is 2.32. The molecule has 0 amide bonds. The van der Waals surface area contributed by atoms with Crippen molar-refractivity contribution in [3.8, 4) is 10.4 Å². The molecule has 2 aromatic rings. The number of hydrogen-bond acceptors (Lipinski definition) is 2. The predicted molar refractivity (Wildman–Crippen MR) is 88.5 cm³/mol. The zero-order chi connectivity index (χ0) is 13.9. The first-order chi connectivity index (χ1) is 9.78. The van der Waals surface area contributed by atoms with Crippen LogP contribution >= 0.6 is 22.9 Å². The largest absolute Gasteiger partial charge is 0.309 e. The van der Waals surface area contributed by atoms with E-state index in [1.165, 1.54) is 34.6 Å². The number of benzene rings is 1. The van der Waals surface area contributed by atoms with Crippen LogP contribution in [0.15, 0.2) is 36.4 Å². The van der Waals surface area contributed by atoms with Gasteiger partial charge in [-0.25, -0.2) is 0 Å². The fraction of sp³-hybridized carbons (Fsp3) is 0.412. The van der Waals surface area contributed by atoms with Crippen molar-refractivity contribution < 1.29 is 0 Å². The lowest BCUT2D eigenvalue weighted by molar-refractivity contribution is 0.488. The number of hydrogen-bond donors (Lipinski definition) is 1. The van der Waals surface area contributed by atoms with Crippen LogP contribution in [-0.2, 0) is 0 Å². The van der Waals surface area contributed by atoms with Crippen molar-refractivity contribution in [2.75, 3.05) is 6.54 Å². The third-order valence-electron chi connectivity index (χ3n) is 3.75. The van der Waals surface area contributed by atoms with Crippen LogP contribution in [0.3, 0.4) is 0 Å². The molecule has 1 aliphatic carbocycles. The molecule has 0 saturated heterocycles. The SMILES string of the molecule is CCCNC(c1ccc(-c2cccc(Cl)c2)s1)C1CC1. The smallest absolute Gasteiger partial charge is 0.0443 e. The molecule has 1 atom stereocenters. The molecule has 3 rings (SSSR count). The van der Waals surface area contributed by atoms with E-state index in [4.69, 9.17) is 11.6 Å². The molecule has 1 nitrogen and oxygen atoms in total. The molecule has 3 heteroatoms. The molecule has 0 spiro atoms. The second-order valence-electron chi connectivity index (χ2n) is 5.48. The van der Waals surface area contributed by atoms with Gasteiger partial charge in [-0.05, 0) is 61.6 Å². The molecule has 1 aromatic heterocycles. The molecule has 1 N–H and O–H groups in total. The van der Waals surface area contributed by atoms with Crippen molar-refractivity contribution in [1.82, 2.24) is 5.32 Å². The highest BCUT2D eigenvalue weighted by molar-refractivity contribution is 7.15. The Bertz CT molecular complexity index is 574. The van der Waals surface area contributed by atoms with E-state index in [9.17, 15) is 0 Å². The van der Waals surface area contributed by atoms with Crippen molar-refractivity contribution in [3.05, 3.63) is 46.3 Å². The van der Waals surface area contributed by atoms with Crippen LogP contribution in [0.5, 0.6) is 0 Å². The Balaban J connectivity index is 1.81. The molecule has 1 heterocycles. The third-order valence-corrected chi connectivity index (χ3v) is 5.20. The standard InChI is InChI=1S/C17H20ClNS/c1-2-10-19-17(12-6-7-12)16-9-8-15(20-16)13-4-3-5-14(18)11-13/h3-5,8-9,11-12,17,19H,2,6-7,10H2,1H3. The minimum absolute atomic E-state index is 0.549. The number of thiophene rings is 1. The predicted octanol–water partition coefficient (Wildman–Crippen LogP) is 5.52. The van der Waals surface area contributed by atoms with E-state index in [-0.39, 0.29) is 0 Å². The normalized spacial score (nSPS) is 16.3. The molecule has 0 aliphatic heterocycles. The Morgan fingerprint density at radius 3 is 2.85 bits per heavy atom. The molecule has 1 aliphatic rings. The van der Waals surface area contributed by atoms with Crippen LogP contribution in [0.25, 0.3) is 10.4 Å². The lowest BCUT2D eigenvalue weighted by atomic mass is 10.1. The van der Waals surface area contributed by atoms with Crippen LogP contribution in [0.2, 0.25) is 5.02 Å². The first-order valence-corrected chi connectivity index (χ1v) is 8.56. The van der Waals surface area contributed by atoms with E-state index >= 15 is 0 Å². The van der Waals surface area contributed by atoms with Gasteiger partial charge in [-0.15, -0.1) is 11.3 Å². The summed E-state index contributed by atoms with van der Waals surface area (Å²) in [5.41, 5.74) is 1.22. The van der Waals surface area contributed by atoms with Gasteiger partial charge in [-0.2, -0.15) is 0 Å². The summed E-state index contributed by atoms with van der Waals surface area (Å²) in [4.78, 5) is 2.78. The lowest BCUT2D eigenvalue weighted by Crippen LogP contribution is -2.22. The Morgan fingerprint density at radius 1 is 1.30 bits per heavy atom. The van der Waals surface area contributed by atoms with Gasteiger partial charge in [0.25, 0.3) is 0 Å². The summed E-state index contributed by atoms with van der Waals surface area (Å²) in [5.74, 6) is 0.840. The summed E-state index contributed by atoms with van der Waals surface area (Å²) in [6.07, 6.45) is 3.92. The van der Waals surface area contributed by atoms with Crippen LogP contribution in [-0.4, -0.2) is 6.54 Å². The van der Waals surface area contributed by atoms with Gasteiger partial charge in [0, 0.05) is 20.8 Å². The molecule has 1 fully saturated rings. The van der Waals surface area contributed by atoms with Gasteiger partial charge in [0.15, 0.2) is 0 Å². The van der Waals surface area contributed by atoms with Crippen LogP contribution in [0, 0.1) is 5.92 Å². The highest BCUT2D eigenvalue weighted by Crippen LogP contribution is 2.44. The molecule has 1 unspecified atom stereocenters. The van der Waals surface area contributed by atoms with Gasteiger partial charge in [0.1, 0.15) is 0 Å². The van der Waals surface area contributed by atoms with Crippen LogP contribution < -0.4 is 5.32 Å². The summed E-state index contributed by atoms with van der Waals surface area (Å²) >= 11 is 7.99. The average molecular weight is 306 g/mol. The van der Waals surface area contributed by atoms with Crippen molar-refractivity contribution in [2.24, 2.45) is 5.92 Å². The first kappa shape index (κ1) is 14.1. The van der Waals surface area contributed by atoms with Crippen molar-refractivity contribution in [1.29, 1.82) is 0 Å². The molecule has 106 valence electrons. The fourth-order valence-electron chi connectivity index (χ4n) is 2.55. The van der Waals surface area contributed by atoms with Gasteiger partial charge >= 0.3 is 0 Å². The minimum Gasteiger partial charge on any atom is -0.309 e. The maximum Gasteiger partial charge on any atom is 0.0443 e.